The van der Waals surface area contributed by atoms with Gasteiger partial charge in [-0.1, -0.05) is 31.0 Å². The lowest BCUT2D eigenvalue weighted by Crippen LogP contribution is -2.28. The van der Waals surface area contributed by atoms with Crippen LogP contribution >= 0.6 is 11.8 Å². The molecular weight excluding hydrogens is 325 g/mol. The quantitative estimate of drug-likeness (QED) is 0.820. The maximum atomic E-state index is 12.9. The van der Waals surface area contributed by atoms with Gasteiger partial charge in [-0.15, -0.1) is 0 Å². The third-order valence-corrected chi connectivity index (χ3v) is 5.77. The van der Waals surface area contributed by atoms with Crippen molar-refractivity contribution >= 4 is 28.5 Å². The number of carbonyl (C=O) groups excluding carboxylic acids is 1. The van der Waals surface area contributed by atoms with Crippen LogP contribution < -0.4 is 10.6 Å². The molecule has 0 bridgehead atoms. The van der Waals surface area contributed by atoms with E-state index in [0.717, 1.165) is 23.3 Å². The van der Waals surface area contributed by atoms with Crippen LogP contribution in [0.4, 0.5) is 10.1 Å². The molecule has 2 aliphatic rings. The van der Waals surface area contributed by atoms with Gasteiger partial charge in [0.05, 0.1) is 5.25 Å². The Labute approximate surface area is 146 Å². The summed E-state index contributed by atoms with van der Waals surface area (Å²) in [5.74, 6) is 0.424. The number of anilines is 1. The standard InChI is InChI=1S/C18H24FN3OS/c19-14-6-8-15(9-7-14)20-11-10-16-17(23)22-18(24-16)21-12-13-4-2-1-3-5-13/h6-9,13,16,20H,1-5,10-12H2,(H,21,22,23). The molecule has 0 radical (unpaired) electrons. The minimum atomic E-state index is -0.246. The van der Waals surface area contributed by atoms with E-state index in [1.54, 1.807) is 12.1 Å². The second-order valence-corrected chi connectivity index (χ2v) is 7.66. The topological polar surface area (TPSA) is 53.5 Å². The van der Waals surface area contributed by atoms with Crippen LogP contribution in [0.3, 0.4) is 0 Å². The Bertz CT molecular complexity index is 584. The van der Waals surface area contributed by atoms with Crippen LogP contribution in [-0.2, 0) is 4.79 Å². The van der Waals surface area contributed by atoms with E-state index in [-0.39, 0.29) is 17.0 Å². The molecule has 2 N–H and O–H groups in total. The number of hydrogen-bond acceptors (Lipinski definition) is 4. The van der Waals surface area contributed by atoms with E-state index in [2.05, 4.69) is 15.6 Å². The molecular formula is C18H24FN3OS. The largest absolute Gasteiger partial charge is 0.385 e. The van der Waals surface area contributed by atoms with E-state index < -0.39 is 0 Å². The molecule has 1 fully saturated rings. The average molecular weight is 349 g/mol. The van der Waals surface area contributed by atoms with Gasteiger partial charge in [-0.2, -0.15) is 4.99 Å². The molecule has 0 saturated heterocycles. The Hall–Kier alpha value is -1.56. The first-order chi connectivity index (χ1) is 11.7. The number of benzene rings is 1. The fraction of sp³-hybridized carbons (Fsp3) is 0.556. The van der Waals surface area contributed by atoms with Gasteiger partial charge in [-0.25, -0.2) is 4.39 Å². The van der Waals surface area contributed by atoms with Gasteiger partial charge in [0.15, 0.2) is 5.17 Å². The number of amidine groups is 1. The monoisotopic (exact) mass is 349 g/mol. The number of hydrogen-bond donors (Lipinski definition) is 2. The molecule has 1 aromatic rings. The lowest BCUT2D eigenvalue weighted by molar-refractivity contribution is -0.117. The Morgan fingerprint density at radius 1 is 1.12 bits per heavy atom. The van der Waals surface area contributed by atoms with Crippen LogP contribution in [0.5, 0.6) is 0 Å². The van der Waals surface area contributed by atoms with E-state index >= 15 is 0 Å². The predicted octanol–water partition coefficient (Wildman–Crippen LogP) is 3.80. The minimum Gasteiger partial charge on any atom is -0.385 e. The normalized spacial score (nSPS) is 21.6. The molecule has 130 valence electrons. The fourth-order valence-corrected chi connectivity index (χ4v) is 4.15. The van der Waals surface area contributed by atoms with Crippen LogP contribution in [0.2, 0.25) is 0 Å². The maximum Gasteiger partial charge on any atom is 0.261 e. The van der Waals surface area contributed by atoms with Crippen molar-refractivity contribution in [3.05, 3.63) is 30.1 Å². The summed E-state index contributed by atoms with van der Waals surface area (Å²) in [5.41, 5.74) is 0.864. The highest BCUT2D eigenvalue weighted by Gasteiger charge is 2.28. The minimum absolute atomic E-state index is 0.0490. The average Bonchev–Trinajstić information content (AvgIpc) is 2.96. The van der Waals surface area contributed by atoms with Gasteiger partial charge in [0, 0.05) is 18.8 Å². The molecule has 24 heavy (non-hydrogen) atoms. The van der Waals surface area contributed by atoms with E-state index in [1.807, 2.05) is 0 Å². The zero-order chi connectivity index (χ0) is 16.8. The number of nitrogens with one attached hydrogen (secondary N) is 2. The second kappa shape index (κ2) is 8.51. The van der Waals surface area contributed by atoms with Crippen molar-refractivity contribution < 1.29 is 9.18 Å². The molecule has 1 aliphatic carbocycles. The van der Waals surface area contributed by atoms with Gasteiger partial charge < -0.3 is 10.6 Å². The van der Waals surface area contributed by atoms with Gasteiger partial charge in [0.2, 0.25) is 0 Å². The first-order valence-electron chi connectivity index (χ1n) is 8.73. The molecule has 6 heteroatoms. The predicted molar refractivity (Wildman–Crippen MR) is 97.9 cm³/mol. The highest BCUT2D eigenvalue weighted by molar-refractivity contribution is 8.15. The summed E-state index contributed by atoms with van der Waals surface area (Å²) in [5, 5.41) is 7.23. The fourth-order valence-electron chi connectivity index (χ4n) is 3.19. The van der Waals surface area contributed by atoms with Crippen molar-refractivity contribution in [2.24, 2.45) is 10.9 Å². The van der Waals surface area contributed by atoms with Crippen molar-refractivity contribution in [2.75, 3.05) is 18.4 Å². The summed E-state index contributed by atoms with van der Waals surface area (Å²) >= 11 is 1.53. The van der Waals surface area contributed by atoms with Gasteiger partial charge in [0.25, 0.3) is 5.91 Å². The third-order valence-electron chi connectivity index (χ3n) is 4.59. The van der Waals surface area contributed by atoms with Crippen LogP contribution in [0, 0.1) is 11.7 Å². The molecule has 1 aliphatic heterocycles. The lowest BCUT2D eigenvalue weighted by Gasteiger charge is -2.22. The molecule has 1 amide bonds. The second-order valence-electron chi connectivity index (χ2n) is 6.47. The van der Waals surface area contributed by atoms with Gasteiger partial charge in [0.1, 0.15) is 5.82 Å². The summed E-state index contributed by atoms with van der Waals surface area (Å²) in [7, 11) is 0. The molecule has 1 unspecified atom stereocenters. The molecule has 1 heterocycles. The summed E-state index contributed by atoms with van der Waals surface area (Å²) in [6.45, 7) is 1.60. The smallest absolute Gasteiger partial charge is 0.261 e. The number of carbonyl (C=O) groups is 1. The first kappa shape index (κ1) is 17.3. The van der Waals surface area contributed by atoms with Crippen LogP contribution in [0.1, 0.15) is 38.5 Å². The number of aliphatic imine (C=N–C) groups is 1. The van der Waals surface area contributed by atoms with Crippen LogP contribution in [-0.4, -0.2) is 29.4 Å². The Morgan fingerprint density at radius 2 is 1.88 bits per heavy atom. The molecule has 0 spiro atoms. The van der Waals surface area contributed by atoms with Crippen molar-refractivity contribution in [3.63, 3.8) is 0 Å². The van der Waals surface area contributed by atoms with Crippen molar-refractivity contribution in [1.29, 1.82) is 0 Å². The highest BCUT2D eigenvalue weighted by atomic mass is 32.2. The van der Waals surface area contributed by atoms with E-state index in [1.165, 1.54) is 56.0 Å². The molecule has 0 aromatic heterocycles. The number of rotatable bonds is 6. The molecule has 1 atom stereocenters. The molecule has 1 aromatic carbocycles. The summed E-state index contributed by atoms with van der Waals surface area (Å²) in [6.07, 6.45) is 7.27. The Kier molecular flexibility index (Phi) is 6.12. The molecule has 1 saturated carbocycles. The number of halogens is 1. The summed E-state index contributed by atoms with van der Waals surface area (Å²) in [6, 6.07) is 6.25. The van der Waals surface area contributed by atoms with E-state index in [4.69, 9.17) is 0 Å². The summed E-state index contributed by atoms with van der Waals surface area (Å²) in [4.78, 5) is 16.1. The highest BCUT2D eigenvalue weighted by Crippen LogP contribution is 2.26. The van der Waals surface area contributed by atoms with Crippen molar-refractivity contribution in [3.8, 4) is 0 Å². The molecule has 3 rings (SSSR count). The Morgan fingerprint density at radius 3 is 2.62 bits per heavy atom. The zero-order valence-corrected chi connectivity index (χ0v) is 14.6. The lowest BCUT2D eigenvalue weighted by atomic mass is 9.89. The summed E-state index contributed by atoms with van der Waals surface area (Å²) < 4.78 is 12.9. The maximum absolute atomic E-state index is 12.9. The van der Waals surface area contributed by atoms with Gasteiger partial charge in [-0.3, -0.25) is 4.79 Å². The van der Waals surface area contributed by atoms with Crippen LogP contribution in [0.25, 0.3) is 0 Å². The zero-order valence-electron chi connectivity index (χ0n) is 13.8. The van der Waals surface area contributed by atoms with E-state index in [9.17, 15) is 9.18 Å². The number of thioether (sulfide) groups is 1. The SMILES string of the molecule is O=C1N=C(NCC2CCCCC2)SC1CCNc1ccc(F)cc1. The van der Waals surface area contributed by atoms with Crippen molar-refractivity contribution in [1.82, 2.24) is 5.32 Å². The first-order valence-corrected chi connectivity index (χ1v) is 9.61. The van der Waals surface area contributed by atoms with Gasteiger partial charge in [-0.05, 0) is 49.4 Å². The van der Waals surface area contributed by atoms with Gasteiger partial charge >= 0.3 is 0 Å². The molecule has 4 nitrogen and oxygen atoms in total. The Balaban J connectivity index is 1.37. The van der Waals surface area contributed by atoms with E-state index in [0.29, 0.717) is 13.0 Å². The number of nitrogens with zero attached hydrogens (tertiary/aromatic N) is 1. The van der Waals surface area contributed by atoms with Crippen molar-refractivity contribution in [2.45, 2.75) is 43.8 Å². The van der Waals surface area contributed by atoms with Crippen LogP contribution in [0.15, 0.2) is 29.3 Å². The third kappa shape index (κ3) is 4.97. The number of amides is 1.